The molecule has 0 N–H and O–H groups in total. The van der Waals surface area contributed by atoms with Crippen molar-refractivity contribution in [3.63, 3.8) is 0 Å². The van der Waals surface area contributed by atoms with Crippen molar-refractivity contribution in [1.29, 1.82) is 0 Å². The first-order valence-electron chi connectivity index (χ1n) is 16.5. The molecule has 0 aliphatic carbocycles. The maximum absolute atomic E-state index is 13.8. The number of terminal acetylenes is 1. The Kier molecular flexibility index (Phi) is 12.4. The van der Waals surface area contributed by atoms with Gasteiger partial charge in [-0.25, -0.2) is 14.5 Å². The van der Waals surface area contributed by atoms with Crippen molar-refractivity contribution in [2.45, 2.75) is 98.0 Å². The minimum Gasteiger partial charge on any atom is -0.463 e. The van der Waals surface area contributed by atoms with Crippen LogP contribution in [0.3, 0.4) is 0 Å². The summed E-state index contributed by atoms with van der Waals surface area (Å²) in [5.74, 6) is -0.133. The number of ether oxygens (including phenoxy) is 7. The summed E-state index contributed by atoms with van der Waals surface area (Å²) in [6.07, 6.45) is 0.470. The van der Waals surface area contributed by atoms with Gasteiger partial charge in [0.1, 0.15) is 30.1 Å². The van der Waals surface area contributed by atoms with Crippen molar-refractivity contribution in [1.82, 2.24) is 29.4 Å². The smallest absolute Gasteiger partial charge is 0.410 e. The minimum absolute atomic E-state index is 0.0448. The molecule has 5 rings (SSSR count). The molecular formula is C33H38N6O13S. The lowest BCUT2D eigenvalue weighted by Gasteiger charge is -2.43. The number of thiophene rings is 1. The summed E-state index contributed by atoms with van der Waals surface area (Å²) in [6, 6.07) is 0. The fourth-order valence-electron chi connectivity index (χ4n) is 6.00. The van der Waals surface area contributed by atoms with Gasteiger partial charge in [-0.2, -0.15) is 0 Å². The van der Waals surface area contributed by atoms with E-state index in [1.165, 1.54) is 33.7 Å². The van der Waals surface area contributed by atoms with Crippen LogP contribution in [0.4, 0.5) is 4.79 Å². The lowest BCUT2D eigenvalue weighted by atomic mass is 9.98. The zero-order valence-corrected chi connectivity index (χ0v) is 30.4. The topological polar surface area (TPSA) is 219 Å². The molecule has 2 aliphatic rings. The maximum Gasteiger partial charge on any atom is 0.410 e. The lowest BCUT2D eigenvalue weighted by molar-refractivity contribution is -0.315. The average molecular weight is 759 g/mol. The van der Waals surface area contributed by atoms with Gasteiger partial charge in [0, 0.05) is 39.1 Å². The summed E-state index contributed by atoms with van der Waals surface area (Å²) in [5.41, 5.74) is 0.928. The van der Waals surface area contributed by atoms with Crippen LogP contribution < -0.4 is 5.56 Å². The van der Waals surface area contributed by atoms with Crippen molar-refractivity contribution in [3.8, 4) is 12.3 Å². The van der Waals surface area contributed by atoms with Gasteiger partial charge in [0.05, 0.1) is 43.4 Å². The quantitative estimate of drug-likeness (QED) is 0.142. The highest BCUT2D eigenvalue weighted by Gasteiger charge is 2.53. The van der Waals surface area contributed by atoms with Crippen molar-refractivity contribution >= 4 is 51.5 Å². The highest BCUT2D eigenvalue weighted by atomic mass is 32.1. The molecule has 3 aromatic rings. The molecule has 1 amide bonds. The average Bonchev–Trinajstić information content (AvgIpc) is 3.69. The number of esters is 4. The van der Waals surface area contributed by atoms with Crippen LogP contribution in [-0.2, 0) is 85.0 Å². The fourth-order valence-corrected chi connectivity index (χ4v) is 7.24. The van der Waals surface area contributed by atoms with Gasteiger partial charge in [0.25, 0.3) is 5.56 Å². The summed E-state index contributed by atoms with van der Waals surface area (Å²) in [7, 11) is 0. The number of nitrogens with zero attached hydrogens (tertiary/aromatic N) is 6. The SMILES string of the molecule is C#CCn1c(Cc2cn(CO[C@@H]3O[C@H](COC(C)=O)[C@H](OC(C)=O)[C@H](OC(C)=O)[C@H]3OC(C)=O)nn2)nc2sc3c(c2c1=O)CCN(C(=O)OCC)C3. The number of carbonyl (C=O) groups excluding carboxylic acids is 5. The zero-order chi connectivity index (χ0) is 38.4. The maximum atomic E-state index is 13.8. The van der Waals surface area contributed by atoms with E-state index in [1.54, 1.807) is 11.8 Å². The summed E-state index contributed by atoms with van der Waals surface area (Å²) in [4.78, 5) is 81.7. The van der Waals surface area contributed by atoms with E-state index in [0.717, 1.165) is 31.2 Å². The molecular weight excluding hydrogens is 720 g/mol. The van der Waals surface area contributed by atoms with Crippen LogP contribution in [-0.4, -0.2) is 110 Å². The number of fused-ring (bicyclic) bond motifs is 3. The van der Waals surface area contributed by atoms with Gasteiger partial charge in [0.15, 0.2) is 18.3 Å². The van der Waals surface area contributed by atoms with E-state index < -0.39 is 67.3 Å². The molecule has 0 bridgehead atoms. The number of carbonyl (C=O) groups is 5. The van der Waals surface area contributed by atoms with Gasteiger partial charge < -0.3 is 38.1 Å². The molecule has 1 fully saturated rings. The molecule has 0 unspecified atom stereocenters. The lowest BCUT2D eigenvalue weighted by Crippen LogP contribution is -2.63. The first-order valence-corrected chi connectivity index (χ1v) is 17.3. The van der Waals surface area contributed by atoms with Crippen LogP contribution in [0.2, 0.25) is 0 Å². The largest absolute Gasteiger partial charge is 0.463 e. The van der Waals surface area contributed by atoms with Gasteiger partial charge in [0.2, 0.25) is 6.29 Å². The molecule has 3 aromatic heterocycles. The molecule has 0 aromatic carbocycles. The number of hydrogen-bond donors (Lipinski definition) is 0. The van der Waals surface area contributed by atoms with E-state index in [0.29, 0.717) is 41.2 Å². The van der Waals surface area contributed by atoms with E-state index >= 15 is 0 Å². The van der Waals surface area contributed by atoms with Crippen molar-refractivity contribution in [2.24, 2.45) is 0 Å². The summed E-state index contributed by atoms with van der Waals surface area (Å²) in [5, 5.41) is 8.74. The zero-order valence-electron chi connectivity index (χ0n) is 29.6. The first kappa shape index (κ1) is 38.8. The Morgan fingerprint density at radius 1 is 1.00 bits per heavy atom. The summed E-state index contributed by atoms with van der Waals surface area (Å²) >= 11 is 1.33. The molecule has 5 heterocycles. The molecule has 5 atom stereocenters. The molecule has 284 valence electrons. The predicted molar refractivity (Wildman–Crippen MR) is 180 cm³/mol. The summed E-state index contributed by atoms with van der Waals surface area (Å²) in [6.45, 7) is 6.40. The highest BCUT2D eigenvalue weighted by molar-refractivity contribution is 7.18. The highest BCUT2D eigenvalue weighted by Crippen LogP contribution is 2.33. The molecule has 2 aliphatic heterocycles. The van der Waals surface area contributed by atoms with E-state index in [1.807, 2.05) is 0 Å². The molecule has 0 radical (unpaired) electrons. The van der Waals surface area contributed by atoms with E-state index in [4.69, 9.17) is 44.6 Å². The second-order valence-corrected chi connectivity index (χ2v) is 13.1. The Morgan fingerprint density at radius 2 is 1.70 bits per heavy atom. The summed E-state index contributed by atoms with van der Waals surface area (Å²) < 4.78 is 41.1. The predicted octanol–water partition coefficient (Wildman–Crippen LogP) is 0.845. The monoisotopic (exact) mass is 758 g/mol. The van der Waals surface area contributed by atoms with Gasteiger partial charge >= 0.3 is 30.0 Å². The van der Waals surface area contributed by atoms with E-state index in [2.05, 4.69) is 16.2 Å². The Labute approximate surface area is 306 Å². The minimum atomic E-state index is -1.43. The standard InChI is InChI=1S/C33H38N6O13S/c1-7-10-39-25(34-30-26(31(39)44)22-9-11-37(14-24(22)53-30)33(45)46-8-2)12-21-13-38(36-35-21)16-48-32-29(51-20(6)43)28(50-19(5)42)27(49-18(4)41)23(52-32)15-47-17(3)40/h1,13,23,27-29,32H,8-12,14-16H2,2-6H3/t23-,27+,28+,29-,32-/m1/s1. The normalized spacial score (nSPS) is 20.9. The fraction of sp³-hybridized carbons (Fsp3) is 0.545. The Hall–Kier alpha value is -5.39. The van der Waals surface area contributed by atoms with Crippen molar-refractivity contribution < 1.29 is 57.1 Å². The van der Waals surface area contributed by atoms with Gasteiger partial charge in [-0.1, -0.05) is 11.1 Å². The van der Waals surface area contributed by atoms with E-state index in [-0.39, 0.29) is 31.9 Å². The van der Waals surface area contributed by atoms with Crippen LogP contribution in [0, 0.1) is 12.3 Å². The van der Waals surface area contributed by atoms with Gasteiger partial charge in [-0.3, -0.25) is 28.5 Å². The number of aromatic nitrogens is 5. The van der Waals surface area contributed by atoms with Crippen LogP contribution in [0.1, 0.15) is 56.6 Å². The molecule has 0 saturated carbocycles. The third kappa shape index (κ3) is 9.16. The van der Waals surface area contributed by atoms with Gasteiger partial charge in [-0.05, 0) is 18.9 Å². The first-order chi connectivity index (χ1) is 25.3. The van der Waals surface area contributed by atoms with E-state index in [9.17, 15) is 28.8 Å². The Bertz CT molecular complexity index is 1980. The van der Waals surface area contributed by atoms with Crippen LogP contribution >= 0.6 is 11.3 Å². The Morgan fingerprint density at radius 3 is 2.36 bits per heavy atom. The molecule has 20 heteroatoms. The molecule has 0 spiro atoms. The van der Waals surface area contributed by atoms with Crippen LogP contribution in [0.25, 0.3) is 10.2 Å². The van der Waals surface area contributed by atoms with Gasteiger partial charge in [-0.15, -0.1) is 22.9 Å². The third-order valence-electron chi connectivity index (χ3n) is 8.06. The second kappa shape index (κ2) is 17.0. The van der Waals surface area contributed by atoms with Crippen LogP contribution in [0.5, 0.6) is 0 Å². The number of rotatable bonds is 12. The van der Waals surface area contributed by atoms with Crippen molar-refractivity contribution in [3.05, 3.63) is 38.5 Å². The Balaban J connectivity index is 1.37. The number of amides is 1. The molecule has 1 saturated heterocycles. The third-order valence-corrected chi connectivity index (χ3v) is 9.17. The number of hydrogen-bond acceptors (Lipinski definition) is 17. The van der Waals surface area contributed by atoms with Crippen molar-refractivity contribution in [2.75, 3.05) is 19.8 Å². The van der Waals surface area contributed by atoms with Crippen LogP contribution in [0.15, 0.2) is 11.0 Å². The second-order valence-electron chi connectivity index (χ2n) is 12.0. The molecule has 19 nitrogen and oxygen atoms in total. The molecule has 53 heavy (non-hydrogen) atoms.